The van der Waals surface area contributed by atoms with Gasteiger partial charge >= 0.3 is 11.9 Å². The maximum Gasteiger partial charge on any atom is 0.339 e. The topological polar surface area (TPSA) is 80.3 Å². The molecule has 0 amide bonds. The zero-order valence-electron chi connectivity index (χ0n) is 27.5. The van der Waals surface area contributed by atoms with E-state index in [9.17, 15) is 9.59 Å². The molecule has 2 heterocycles. The van der Waals surface area contributed by atoms with Crippen LogP contribution in [0.2, 0.25) is 10.0 Å². The lowest BCUT2D eigenvalue weighted by Crippen LogP contribution is -2.69. The van der Waals surface area contributed by atoms with Crippen molar-refractivity contribution < 1.29 is 33.3 Å². The van der Waals surface area contributed by atoms with Crippen LogP contribution in [0.25, 0.3) is 0 Å². The summed E-state index contributed by atoms with van der Waals surface area (Å²) in [7, 11) is 0. The van der Waals surface area contributed by atoms with E-state index in [0.29, 0.717) is 46.5 Å². The van der Waals surface area contributed by atoms with Gasteiger partial charge in [0.25, 0.3) is 0 Å². The van der Waals surface area contributed by atoms with Crippen LogP contribution in [0, 0.1) is 22.7 Å². The summed E-state index contributed by atoms with van der Waals surface area (Å²) in [6.07, 6.45) is 5.96. The normalized spacial score (nSPS) is 36.5. The van der Waals surface area contributed by atoms with Crippen molar-refractivity contribution in [1.82, 2.24) is 0 Å². The molecule has 0 N–H and O–H groups in total. The number of hydrogen-bond acceptors (Lipinski definition) is 7. The molecule has 0 aromatic heterocycles. The molecule has 0 radical (unpaired) electrons. The molecule has 7 atom stereocenters. The Labute approximate surface area is 282 Å². The second-order valence-electron chi connectivity index (χ2n) is 14.9. The van der Waals surface area contributed by atoms with Crippen molar-refractivity contribution in [1.29, 1.82) is 0 Å². The highest BCUT2D eigenvalue weighted by Crippen LogP contribution is 2.69. The predicted octanol–water partition coefficient (Wildman–Crippen LogP) is 8.69. The minimum Gasteiger partial charge on any atom is -0.462 e. The van der Waals surface area contributed by atoms with E-state index in [-0.39, 0.29) is 36.1 Å². The summed E-state index contributed by atoms with van der Waals surface area (Å²) in [5.41, 5.74) is -0.996. The number of halogens is 2. The van der Waals surface area contributed by atoms with Crippen LogP contribution in [0.4, 0.5) is 0 Å². The number of rotatable bonds is 7. The molecule has 6 rings (SSSR count). The van der Waals surface area contributed by atoms with Gasteiger partial charge in [-0.05, 0) is 88.5 Å². The summed E-state index contributed by atoms with van der Waals surface area (Å²) < 4.78 is 32.0. The smallest absolute Gasteiger partial charge is 0.339 e. The second-order valence-corrected chi connectivity index (χ2v) is 15.7. The highest BCUT2D eigenvalue weighted by molar-refractivity contribution is 6.34. The van der Waals surface area contributed by atoms with E-state index in [1.807, 2.05) is 13.8 Å². The first-order valence-corrected chi connectivity index (χ1v) is 17.4. The van der Waals surface area contributed by atoms with E-state index >= 15 is 0 Å². The monoisotopic (exact) mass is 672 g/mol. The van der Waals surface area contributed by atoms with E-state index in [4.69, 9.17) is 46.9 Å². The lowest BCUT2D eigenvalue weighted by atomic mass is 9.43. The van der Waals surface area contributed by atoms with Gasteiger partial charge in [0.05, 0.1) is 46.1 Å². The van der Waals surface area contributed by atoms with Crippen LogP contribution in [0.1, 0.15) is 100 Å². The average molecular weight is 674 g/mol. The molecular weight excluding hydrogens is 627 g/mol. The van der Waals surface area contributed by atoms with Gasteiger partial charge in [0.1, 0.15) is 12.2 Å². The zero-order valence-corrected chi connectivity index (χ0v) is 29.0. The summed E-state index contributed by atoms with van der Waals surface area (Å²) in [6, 6.07) is 13.7. The van der Waals surface area contributed by atoms with Crippen LogP contribution in [0.5, 0.6) is 0 Å². The van der Waals surface area contributed by atoms with Crippen molar-refractivity contribution in [2.24, 2.45) is 22.7 Å². The van der Waals surface area contributed by atoms with Gasteiger partial charge < -0.3 is 23.7 Å². The Balaban J connectivity index is 1.27. The van der Waals surface area contributed by atoms with Crippen LogP contribution in [-0.2, 0) is 23.7 Å². The fourth-order valence-electron chi connectivity index (χ4n) is 9.28. The Hall–Kier alpha value is -2.16. The number of benzene rings is 2. The fourth-order valence-corrected chi connectivity index (χ4v) is 9.71. The van der Waals surface area contributed by atoms with Gasteiger partial charge in [0.15, 0.2) is 5.79 Å². The molecule has 4 fully saturated rings. The molecule has 4 aliphatic rings. The van der Waals surface area contributed by atoms with E-state index in [1.165, 1.54) is 0 Å². The van der Waals surface area contributed by atoms with Crippen molar-refractivity contribution in [2.45, 2.75) is 103 Å². The Bertz CT molecular complexity index is 1480. The van der Waals surface area contributed by atoms with Crippen LogP contribution in [0.3, 0.4) is 0 Å². The first kappa shape index (κ1) is 33.7. The molecule has 7 nitrogen and oxygen atoms in total. The van der Waals surface area contributed by atoms with Gasteiger partial charge in [-0.1, -0.05) is 68.2 Å². The number of esters is 2. The first-order valence-electron chi connectivity index (χ1n) is 16.6. The van der Waals surface area contributed by atoms with Gasteiger partial charge in [0, 0.05) is 17.3 Å². The largest absolute Gasteiger partial charge is 0.462 e. The Morgan fingerprint density at radius 2 is 1.48 bits per heavy atom. The molecule has 2 aromatic carbocycles. The van der Waals surface area contributed by atoms with Gasteiger partial charge in [-0.2, -0.15) is 0 Å². The number of carbonyl (C=O) groups is 2. The van der Waals surface area contributed by atoms with Crippen molar-refractivity contribution in [3.63, 3.8) is 0 Å². The average Bonchev–Trinajstić information content (AvgIpc) is 3.41. The minimum atomic E-state index is -0.851. The second kappa shape index (κ2) is 12.4. The minimum absolute atomic E-state index is 0.0240. The van der Waals surface area contributed by atoms with Gasteiger partial charge in [0.2, 0.25) is 0 Å². The lowest BCUT2D eigenvalue weighted by Gasteiger charge is -2.67. The third-order valence-corrected chi connectivity index (χ3v) is 12.5. The molecule has 2 aliphatic carbocycles. The van der Waals surface area contributed by atoms with Crippen molar-refractivity contribution >= 4 is 35.1 Å². The number of hydrogen-bond donors (Lipinski definition) is 0. The van der Waals surface area contributed by atoms with Gasteiger partial charge in [-0.15, -0.1) is 0 Å². The highest BCUT2D eigenvalue weighted by atomic mass is 35.5. The van der Waals surface area contributed by atoms with Crippen LogP contribution in [-0.4, -0.2) is 54.9 Å². The SMILES string of the molecule is C[C@@H]1CC[C@@H]2[C@]3(C)COC(C)(C)O[C@H]3CC[C@]2(C)[C@]12CC[C@@](CCOC(=O)c1ccccc1Cl)(COC(=O)c1ccccc1Cl)O2. The van der Waals surface area contributed by atoms with E-state index in [1.54, 1.807) is 48.5 Å². The van der Waals surface area contributed by atoms with Crippen molar-refractivity contribution in [3.8, 4) is 0 Å². The molecule has 250 valence electrons. The van der Waals surface area contributed by atoms with Crippen LogP contribution >= 0.6 is 23.2 Å². The molecule has 2 aliphatic heterocycles. The van der Waals surface area contributed by atoms with E-state index in [2.05, 4.69) is 20.8 Å². The zero-order chi connectivity index (χ0) is 33.0. The maximum absolute atomic E-state index is 13.3. The number of ether oxygens (including phenoxy) is 5. The van der Waals surface area contributed by atoms with Crippen molar-refractivity contribution in [3.05, 3.63) is 69.7 Å². The quantitative estimate of drug-likeness (QED) is 0.272. The summed E-state index contributed by atoms with van der Waals surface area (Å²) >= 11 is 12.6. The summed E-state index contributed by atoms with van der Waals surface area (Å²) in [6.45, 7) is 11.8. The molecule has 2 saturated heterocycles. The number of fused-ring (bicyclic) bond motifs is 4. The maximum atomic E-state index is 13.3. The highest BCUT2D eigenvalue weighted by Gasteiger charge is 2.70. The molecule has 9 heteroatoms. The standard InChI is InChI=1S/C37H46Cl2O7/c1-24-14-15-29-34(4)22-44-33(2,3)45-30(34)16-17-35(29,5)37(24)19-18-36(46-37,23-43-32(41)26-11-7-9-13-28(26)39)20-21-42-31(40)25-10-6-8-12-27(25)38/h6-13,24,29-30H,14-23H2,1-5H3/t24-,29-,30+,34+,35+,36-,37+/m1/s1. The predicted molar refractivity (Wildman–Crippen MR) is 176 cm³/mol. The molecule has 46 heavy (non-hydrogen) atoms. The molecule has 2 aromatic rings. The van der Waals surface area contributed by atoms with Crippen LogP contribution < -0.4 is 0 Å². The summed E-state index contributed by atoms with van der Waals surface area (Å²) in [5, 5.41) is 0.672. The third-order valence-electron chi connectivity index (χ3n) is 11.8. The number of carbonyl (C=O) groups excluding carboxylic acids is 2. The van der Waals surface area contributed by atoms with Gasteiger partial charge in [-0.3, -0.25) is 0 Å². The third kappa shape index (κ3) is 5.78. The van der Waals surface area contributed by atoms with E-state index < -0.39 is 28.9 Å². The van der Waals surface area contributed by atoms with Crippen LogP contribution in [0.15, 0.2) is 48.5 Å². The molecule has 1 spiro atoms. The molecular formula is C37H46Cl2O7. The first-order chi connectivity index (χ1) is 21.7. The van der Waals surface area contributed by atoms with Crippen molar-refractivity contribution in [2.75, 3.05) is 19.8 Å². The Morgan fingerprint density at radius 3 is 2.13 bits per heavy atom. The molecule has 0 bridgehead atoms. The summed E-state index contributed by atoms with van der Waals surface area (Å²) in [5.74, 6) is -0.988. The molecule has 0 unspecified atom stereocenters. The molecule has 2 saturated carbocycles. The Morgan fingerprint density at radius 1 is 0.848 bits per heavy atom. The Kier molecular flexibility index (Phi) is 9.08. The van der Waals surface area contributed by atoms with Gasteiger partial charge in [-0.25, -0.2) is 9.59 Å². The fraction of sp³-hybridized carbons (Fsp3) is 0.622. The summed E-state index contributed by atoms with van der Waals surface area (Å²) in [4.78, 5) is 26.2. The van der Waals surface area contributed by atoms with E-state index in [0.717, 1.165) is 32.1 Å². The lowest BCUT2D eigenvalue weighted by molar-refractivity contribution is -0.359.